The minimum atomic E-state index is 0.283. The van der Waals surface area contributed by atoms with Gasteiger partial charge in [-0.15, -0.1) is 0 Å². The Morgan fingerprint density at radius 3 is 3.06 bits per heavy atom. The molecule has 3 nitrogen and oxygen atoms in total. The maximum Gasteiger partial charge on any atom is 0.155 e. The van der Waals surface area contributed by atoms with Crippen LogP contribution >= 0.6 is 0 Å². The molecule has 2 aliphatic carbocycles. The zero-order valence-corrected chi connectivity index (χ0v) is 10.8. The summed E-state index contributed by atoms with van der Waals surface area (Å²) in [6.07, 6.45) is 7.06. The van der Waals surface area contributed by atoms with Crippen molar-refractivity contribution in [1.82, 2.24) is 0 Å². The fraction of sp³-hybridized carbons (Fsp3) is 0.786. The molecule has 0 heterocycles. The maximum absolute atomic E-state index is 11.5. The van der Waals surface area contributed by atoms with E-state index >= 15 is 0 Å². The first-order chi connectivity index (χ1) is 8.14. The van der Waals surface area contributed by atoms with E-state index in [0.717, 1.165) is 25.9 Å². The molecule has 2 rings (SSSR count). The van der Waals surface area contributed by atoms with E-state index in [0.29, 0.717) is 18.5 Å². The smallest absolute Gasteiger partial charge is 0.155 e. The highest BCUT2D eigenvalue weighted by Crippen LogP contribution is 2.48. The van der Waals surface area contributed by atoms with Gasteiger partial charge in [-0.1, -0.05) is 12.5 Å². The summed E-state index contributed by atoms with van der Waals surface area (Å²) >= 11 is 0. The molecule has 2 atom stereocenters. The molecule has 0 aromatic heterocycles. The van der Waals surface area contributed by atoms with Crippen LogP contribution in [0.4, 0.5) is 0 Å². The van der Waals surface area contributed by atoms with Gasteiger partial charge in [-0.3, -0.25) is 4.79 Å². The number of rotatable bonds is 4. The molecule has 17 heavy (non-hydrogen) atoms. The highest BCUT2D eigenvalue weighted by Gasteiger charge is 2.37. The number of hydrogen-bond donors (Lipinski definition) is 0. The Morgan fingerprint density at radius 2 is 2.29 bits per heavy atom. The van der Waals surface area contributed by atoms with Gasteiger partial charge < -0.3 is 9.47 Å². The molecule has 0 spiro atoms. The Bertz CT molecular complexity index is 321. The lowest BCUT2D eigenvalue weighted by Crippen LogP contribution is -2.32. The van der Waals surface area contributed by atoms with Crippen LogP contribution in [0, 0.1) is 11.3 Å². The number of fused-ring (bicyclic) bond motifs is 1. The SMILES string of the molecule is COCOC[C@H]1CC[C@]2(C)CCC(=O)C=C2C1. The number of hydrogen-bond acceptors (Lipinski definition) is 3. The summed E-state index contributed by atoms with van der Waals surface area (Å²) in [5.74, 6) is 0.853. The second kappa shape index (κ2) is 5.32. The molecule has 0 unspecified atom stereocenters. The maximum atomic E-state index is 11.5. The van der Waals surface area contributed by atoms with Crippen molar-refractivity contribution in [3.05, 3.63) is 11.6 Å². The van der Waals surface area contributed by atoms with Crippen molar-refractivity contribution < 1.29 is 14.3 Å². The van der Waals surface area contributed by atoms with Gasteiger partial charge in [0.05, 0.1) is 6.61 Å². The van der Waals surface area contributed by atoms with Gasteiger partial charge in [-0.2, -0.15) is 0 Å². The van der Waals surface area contributed by atoms with Crippen LogP contribution in [0.3, 0.4) is 0 Å². The molecule has 0 aromatic rings. The van der Waals surface area contributed by atoms with Gasteiger partial charge in [0.15, 0.2) is 5.78 Å². The van der Waals surface area contributed by atoms with Crippen molar-refractivity contribution in [2.75, 3.05) is 20.5 Å². The lowest BCUT2D eigenvalue weighted by Gasteiger charge is -2.42. The number of carbonyl (C=O) groups excluding carboxylic acids is 1. The van der Waals surface area contributed by atoms with Gasteiger partial charge in [0, 0.05) is 13.5 Å². The second-order valence-corrected chi connectivity index (χ2v) is 5.58. The molecule has 3 heteroatoms. The molecule has 0 N–H and O–H groups in total. The molecule has 0 aliphatic heterocycles. The first-order valence-corrected chi connectivity index (χ1v) is 6.44. The quantitative estimate of drug-likeness (QED) is 0.558. The first-order valence-electron chi connectivity index (χ1n) is 6.44. The lowest BCUT2D eigenvalue weighted by molar-refractivity contribution is -0.116. The predicted octanol–water partition coefficient (Wildman–Crippen LogP) is 2.70. The van der Waals surface area contributed by atoms with E-state index in [4.69, 9.17) is 9.47 Å². The molecule has 0 radical (unpaired) electrons. The van der Waals surface area contributed by atoms with Crippen LogP contribution in [-0.2, 0) is 14.3 Å². The Kier molecular flexibility index (Phi) is 4.00. The van der Waals surface area contributed by atoms with Crippen LogP contribution in [0.5, 0.6) is 0 Å². The molecule has 0 amide bonds. The third-order valence-electron chi connectivity index (χ3n) is 4.20. The van der Waals surface area contributed by atoms with Gasteiger partial charge in [0.2, 0.25) is 0 Å². The van der Waals surface area contributed by atoms with Crippen molar-refractivity contribution in [1.29, 1.82) is 0 Å². The minimum Gasteiger partial charge on any atom is -0.359 e. The van der Waals surface area contributed by atoms with Crippen molar-refractivity contribution in [2.45, 2.75) is 39.0 Å². The third-order valence-corrected chi connectivity index (χ3v) is 4.20. The number of ether oxygens (including phenoxy) is 2. The Labute approximate surface area is 103 Å². The number of ketones is 1. The minimum absolute atomic E-state index is 0.283. The van der Waals surface area contributed by atoms with Crippen molar-refractivity contribution >= 4 is 5.78 Å². The Balaban J connectivity index is 1.94. The molecule has 0 saturated heterocycles. The van der Waals surface area contributed by atoms with Gasteiger partial charge in [0.25, 0.3) is 0 Å². The van der Waals surface area contributed by atoms with E-state index in [9.17, 15) is 4.79 Å². The predicted molar refractivity (Wildman–Crippen MR) is 65.6 cm³/mol. The average molecular weight is 238 g/mol. The lowest BCUT2D eigenvalue weighted by atomic mass is 9.63. The summed E-state index contributed by atoms with van der Waals surface area (Å²) in [5, 5.41) is 0. The van der Waals surface area contributed by atoms with E-state index < -0.39 is 0 Å². The number of allylic oxidation sites excluding steroid dienone is 2. The summed E-state index contributed by atoms with van der Waals surface area (Å²) in [7, 11) is 1.64. The van der Waals surface area contributed by atoms with E-state index in [1.54, 1.807) is 7.11 Å². The highest BCUT2D eigenvalue weighted by molar-refractivity contribution is 5.91. The van der Waals surface area contributed by atoms with Crippen LogP contribution in [0.2, 0.25) is 0 Å². The topological polar surface area (TPSA) is 35.5 Å². The van der Waals surface area contributed by atoms with Gasteiger partial charge >= 0.3 is 0 Å². The molecule has 0 aromatic carbocycles. The molecular formula is C14H22O3. The molecular weight excluding hydrogens is 216 g/mol. The van der Waals surface area contributed by atoms with Crippen LogP contribution in [0.15, 0.2) is 11.6 Å². The molecule has 2 aliphatic rings. The largest absolute Gasteiger partial charge is 0.359 e. The van der Waals surface area contributed by atoms with Gasteiger partial charge in [-0.05, 0) is 43.1 Å². The zero-order chi connectivity index (χ0) is 12.3. The molecule has 1 saturated carbocycles. The summed E-state index contributed by atoms with van der Waals surface area (Å²) in [5.41, 5.74) is 1.64. The van der Waals surface area contributed by atoms with Crippen molar-refractivity contribution in [2.24, 2.45) is 11.3 Å². The third kappa shape index (κ3) is 2.96. The second-order valence-electron chi connectivity index (χ2n) is 5.58. The summed E-state index contributed by atoms with van der Waals surface area (Å²) < 4.78 is 10.3. The summed E-state index contributed by atoms with van der Waals surface area (Å²) in [6.45, 7) is 3.42. The fourth-order valence-electron chi connectivity index (χ4n) is 2.97. The molecule has 96 valence electrons. The van der Waals surface area contributed by atoms with Crippen molar-refractivity contribution in [3.8, 4) is 0 Å². The standard InChI is InChI=1S/C14H22O3/c1-14-5-3-11(9-17-10-16-2)7-12(14)8-13(15)4-6-14/h8,11H,3-7,9-10H2,1-2H3/t11-,14+/m0/s1. The molecule has 1 fully saturated rings. The van der Waals surface area contributed by atoms with Gasteiger partial charge in [0.1, 0.15) is 6.79 Å². The van der Waals surface area contributed by atoms with Crippen molar-refractivity contribution in [3.63, 3.8) is 0 Å². The van der Waals surface area contributed by atoms with E-state index in [1.165, 1.54) is 18.4 Å². The van der Waals surface area contributed by atoms with Crippen LogP contribution in [0.25, 0.3) is 0 Å². The van der Waals surface area contributed by atoms with E-state index in [1.807, 2.05) is 6.08 Å². The fourth-order valence-corrected chi connectivity index (χ4v) is 2.97. The normalized spacial score (nSPS) is 33.2. The van der Waals surface area contributed by atoms with Gasteiger partial charge in [-0.25, -0.2) is 0 Å². The Hall–Kier alpha value is -0.670. The molecule has 0 bridgehead atoms. The van der Waals surface area contributed by atoms with Crippen LogP contribution in [0.1, 0.15) is 39.0 Å². The van der Waals surface area contributed by atoms with E-state index in [2.05, 4.69) is 6.92 Å². The van der Waals surface area contributed by atoms with E-state index in [-0.39, 0.29) is 5.41 Å². The highest BCUT2D eigenvalue weighted by atomic mass is 16.7. The number of methoxy groups -OCH3 is 1. The monoisotopic (exact) mass is 238 g/mol. The van der Waals surface area contributed by atoms with Crippen LogP contribution in [-0.4, -0.2) is 26.3 Å². The summed E-state index contributed by atoms with van der Waals surface area (Å²) in [4.78, 5) is 11.5. The average Bonchev–Trinajstić information content (AvgIpc) is 2.31. The summed E-state index contributed by atoms with van der Waals surface area (Å²) in [6, 6.07) is 0. The number of carbonyl (C=O) groups is 1. The zero-order valence-electron chi connectivity index (χ0n) is 10.8. The van der Waals surface area contributed by atoms with Crippen LogP contribution < -0.4 is 0 Å². The first kappa shape index (κ1) is 12.8. The Morgan fingerprint density at radius 1 is 1.47 bits per heavy atom.